The van der Waals surface area contributed by atoms with Crippen molar-refractivity contribution in [2.24, 2.45) is 0 Å². The van der Waals surface area contributed by atoms with Crippen molar-refractivity contribution in [2.45, 2.75) is 26.3 Å². The van der Waals surface area contributed by atoms with Crippen LogP contribution in [-0.4, -0.2) is 33.2 Å². The van der Waals surface area contributed by atoms with Gasteiger partial charge in [-0.3, -0.25) is 14.9 Å². The standard InChI is InChI=1S/C15H17N5O3/c1-3-23-11-6-4-10(5-7-11)17-14(22)12-8-13(21)18-15-16-9(2)19-20(12)15/h4-7,12H,3,8H2,1-2H3,(H,17,22)(H,16,18,19,21)/t12-/m0/s1. The van der Waals surface area contributed by atoms with Crippen LogP contribution in [0.4, 0.5) is 11.6 Å². The van der Waals surface area contributed by atoms with Crippen molar-refractivity contribution in [2.75, 3.05) is 17.2 Å². The van der Waals surface area contributed by atoms with Gasteiger partial charge in [-0.15, -0.1) is 0 Å². The summed E-state index contributed by atoms with van der Waals surface area (Å²) >= 11 is 0. The van der Waals surface area contributed by atoms with Gasteiger partial charge in [-0.25, -0.2) is 4.68 Å². The predicted octanol–water partition coefficient (Wildman–Crippen LogP) is 1.51. The Labute approximate surface area is 132 Å². The Morgan fingerprint density at radius 1 is 1.43 bits per heavy atom. The Morgan fingerprint density at radius 3 is 2.87 bits per heavy atom. The quantitative estimate of drug-likeness (QED) is 0.891. The normalized spacial score (nSPS) is 16.4. The fraction of sp³-hybridized carbons (Fsp3) is 0.333. The lowest BCUT2D eigenvalue weighted by molar-refractivity contribution is -0.125. The van der Waals surface area contributed by atoms with Crippen molar-refractivity contribution in [3.05, 3.63) is 30.1 Å². The zero-order chi connectivity index (χ0) is 16.4. The summed E-state index contributed by atoms with van der Waals surface area (Å²) in [5.41, 5.74) is 0.628. The number of aryl methyl sites for hydroxylation is 1. The van der Waals surface area contributed by atoms with E-state index in [-0.39, 0.29) is 18.2 Å². The van der Waals surface area contributed by atoms with Crippen molar-refractivity contribution in [1.29, 1.82) is 0 Å². The van der Waals surface area contributed by atoms with Crippen molar-refractivity contribution in [3.63, 3.8) is 0 Å². The molecular formula is C15H17N5O3. The molecule has 3 rings (SSSR count). The van der Waals surface area contributed by atoms with Crippen LogP contribution in [0, 0.1) is 6.92 Å². The topological polar surface area (TPSA) is 98.1 Å². The van der Waals surface area contributed by atoms with Gasteiger partial charge in [0.1, 0.15) is 17.6 Å². The minimum Gasteiger partial charge on any atom is -0.494 e. The van der Waals surface area contributed by atoms with Gasteiger partial charge in [0.25, 0.3) is 0 Å². The lowest BCUT2D eigenvalue weighted by Crippen LogP contribution is -2.36. The van der Waals surface area contributed by atoms with E-state index in [9.17, 15) is 9.59 Å². The third-order valence-corrected chi connectivity index (χ3v) is 3.40. The van der Waals surface area contributed by atoms with Gasteiger partial charge in [-0.1, -0.05) is 0 Å². The van der Waals surface area contributed by atoms with Gasteiger partial charge >= 0.3 is 0 Å². The van der Waals surface area contributed by atoms with E-state index in [0.717, 1.165) is 5.75 Å². The van der Waals surface area contributed by atoms with Crippen LogP contribution >= 0.6 is 0 Å². The SMILES string of the molecule is CCOc1ccc(NC(=O)[C@@H]2CC(=O)Nc3nc(C)nn32)cc1. The molecule has 0 saturated carbocycles. The summed E-state index contributed by atoms with van der Waals surface area (Å²) in [6.45, 7) is 4.19. The molecule has 0 spiro atoms. The summed E-state index contributed by atoms with van der Waals surface area (Å²) in [5, 5.41) is 9.57. The van der Waals surface area contributed by atoms with E-state index in [1.165, 1.54) is 4.68 Å². The summed E-state index contributed by atoms with van der Waals surface area (Å²) in [7, 11) is 0. The summed E-state index contributed by atoms with van der Waals surface area (Å²) in [6.07, 6.45) is 0.0265. The molecule has 0 aliphatic carbocycles. The number of carbonyl (C=O) groups excluding carboxylic acids is 2. The molecule has 1 atom stereocenters. The zero-order valence-electron chi connectivity index (χ0n) is 12.9. The van der Waals surface area contributed by atoms with Crippen LogP contribution in [0.25, 0.3) is 0 Å². The molecule has 2 amide bonds. The van der Waals surface area contributed by atoms with Crippen molar-refractivity contribution < 1.29 is 14.3 Å². The average Bonchev–Trinajstić information content (AvgIpc) is 2.88. The Hall–Kier alpha value is -2.90. The first-order chi connectivity index (χ1) is 11.1. The molecule has 0 unspecified atom stereocenters. The van der Waals surface area contributed by atoms with Gasteiger partial charge in [0.05, 0.1) is 13.0 Å². The van der Waals surface area contributed by atoms with Crippen LogP contribution in [-0.2, 0) is 9.59 Å². The third kappa shape index (κ3) is 3.15. The van der Waals surface area contributed by atoms with Crippen LogP contribution < -0.4 is 15.4 Å². The Balaban J connectivity index is 1.76. The van der Waals surface area contributed by atoms with Crippen LogP contribution in [0.3, 0.4) is 0 Å². The Morgan fingerprint density at radius 2 is 2.17 bits per heavy atom. The maximum atomic E-state index is 12.5. The first-order valence-electron chi connectivity index (χ1n) is 7.33. The molecule has 8 heteroatoms. The molecular weight excluding hydrogens is 298 g/mol. The number of carbonyl (C=O) groups is 2. The number of aromatic nitrogens is 3. The molecule has 1 aromatic heterocycles. The van der Waals surface area contributed by atoms with E-state index in [2.05, 4.69) is 20.7 Å². The molecule has 0 saturated heterocycles. The number of hydrogen-bond acceptors (Lipinski definition) is 5. The lowest BCUT2D eigenvalue weighted by atomic mass is 10.1. The monoisotopic (exact) mass is 315 g/mol. The summed E-state index contributed by atoms with van der Waals surface area (Å²) < 4.78 is 6.80. The van der Waals surface area contributed by atoms with Crippen molar-refractivity contribution >= 4 is 23.5 Å². The van der Waals surface area contributed by atoms with E-state index in [1.54, 1.807) is 31.2 Å². The molecule has 0 fully saturated rings. The maximum absolute atomic E-state index is 12.5. The van der Waals surface area contributed by atoms with Crippen LogP contribution in [0.15, 0.2) is 24.3 Å². The highest BCUT2D eigenvalue weighted by molar-refractivity contribution is 6.00. The number of benzene rings is 1. The molecule has 120 valence electrons. The van der Waals surface area contributed by atoms with Crippen LogP contribution in [0.1, 0.15) is 25.2 Å². The third-order valence-electron chi connectivity index (χ3n) is 3.40. The fourth-order valence-electron chi connectivity index (χ4n) is 2.40. The second-order valence-corrected chi connectivity index (χ2v) is 5.14. The summed E-state index contributed by atoms with van der Waals surface area (Å²) in [6, 6.07) is 6.33. The van der Waals surface area contributed by atoms with E-state index in [1.807, 2.05) is 6.92 Å². The van der Waals surface area contributed by atoms with Gasteiger partial charge < -0.3 is 10.1 Å². The van der Waals surface area contributed by atoms with Gasteiger partial charge in [0, 0.05) is 5.69 Å². The second-order valence-electron chi connectivity index (χ2n) is 5.14. The zero-order valence-corrected chi connectivity index (χ0v) is 12.9. The highest BCUT2D eigenvalue weighted by Crippen LogP contribution is 2.24. The summed E-state index contributed by atoms with van der Waals surface area (Å²) in [5.74, 6) is 0.968. The molecule has 1 aromatic carbocycles. The average molecular weight is 315 g/mol. The molecule has 8 nitrogen and oxygen atoms in total. The van der Waals surface area contributed by atoms with Gasteiger partial charge in [0.15, 0.2) is 0 Å². The summed E-state index contributed by atoms with van der Waals surface area (Å²) in [4.78, 5) is 28.3. The lowest BCUT2D eigenvalue weighted by Gasteiger charge is -2.22. The molecule has 2 aromatic rings. The molecule has 2 heterocycles. The minimum absolute atomic E-state index is 0.0265. The number of rotatable bonds is 4. The molecule has 1 aliphatic heterocycles. The van der Waals surface area contributed by atoms with Gasteiger partial charge in [-0.05, 0) is 38.1 Å². The number of hydrogen-bond donors (Lipinski definition) is 2. The number of nitrogens with one attached hydrogen (secondary N) is 2. The smallest absolute Gasteiger partial charge is 0.249 e. The van der Waals surface area contributed by atoms with Gasteiger partial charge in [-0.2, -0.15) is 10.1 Å². The minimum atomic E-state index is -0.716. The first-order valence-corrected chi connectivity index (χ1v) is 7.33. The second kappa shape index (κ2) is 6.07. The number of nitrogens with zero attached hydrogens (tertiary/aromatic N) is 3. The molecule has 1 aliphatic rings. The molecule has 0 bridgehead atoms. The van der Waals surface area contributed by atoms with E-state index < -0.39 is 6.04 Å². The first kappa shape index (κ1) is 15.0. The van der Waals surface area contributed by atoms with Gasteiger partial charge in [0.2, 0.25) is 17.8 Å². The Kier molecular flexibility index (Phi) is 3.96. The molecule has 23 heavy (non-hydrogen) atoms. The number of ether oxygens (including phenoxy) is 1. The van der Waals surface area contributed by atoms with Crippen molar-refractivity contribution in [1.82, 2.24) is 14.8 Å². The molecule has 0 radical (unpaired) electrons. The Bertz CT molecular complexity index is 738. The van der Waals surface area contributed by atoms with Crippen molar-refractivity contribution in [3.8, 4) is 5.75 Å². The molecule has 2 N–H and O–H groups in total. The highest BCUT2D eigenvalue weighted by Gasteiger charge is 2.32. The maximum Gasteiger partial charge on any atom is 0.249 e. The van der Waals surface area contributed by atoms with Crippen LogP contribution in [0.5, 0.6) is 5.75 Å². The fourth-order valence-corrected chi connectivity index (χ4v) is 2.40. The highest BCUT2D eigenvalue weighted by atomic mass is 16.5. The predicted molar refractivity (Wildman–Crippen MR) is 83.3 cm³/mol. The number of fused-ring (bicyclic) bond motifs is 1. The largest absolute Gasteiger partial charge is 0.494 e. The van der Waals surface area contributed by atoms with E-state index in [0.29, 0.717) is 24.1 Å². The van der Waals surface area contributed by atoms with E-state index in [4.69, 9.17) is 4.74 Å². The van der Waals surface area contributed by atoms with E-state index >= 15 is 0 Å². The number of amides is 2. The van der Waals surface area contributed by atoms with Crippen LogP contribution in [0.2, 0.25) is 0 Å². The number of anilines is 2.